The minimum absolute atomic E-state index is 0.149. The highest BCUT2D eigenvalue weighted by atomic mass is 16.6. The van der Waals surface area contributed by atoms with Gasteiger partial charge in [0.15, 0.2) is 0 Å². The zero-order valence-corrected chi connectivity index (χ0v) is 13.9. The molecule has 2 amide bonds. The van der Waals surface area contributed by atoms with Crippen molar-refractivity contribution in [2.75, 3.05) is 6.54 Å². The van der Waals surface area contributed by atoms with Crippen molar-refractivity contribution in [3.8, 4) is 0 Å². The number of carboxylic acids is 1. The average Bonchev–Trinajstić information content (AvgIpc) is 2.79. The van der Waals surface area contributed by atoms with Crippen LogP contribution < -0.4 is 5.11 Å². The molecule has 8 heteroatoms. The molecule has 0 aromatic heterocycles. The summed E-state index contributed by atoms with van der Waals surface area (Å²) in [5.74, 6) is -5.58. The molecule has 0 N–H and O–H groups in total. The van der Waals surface area contributed by atoms with Gasteiger partial charge in [-0.05, 0) is 12.1 Å². The van der Waals surface area contributed by atoms with Crippen LogP contribution in [0.4, 0.5) is 0 Å². The molecule has 134 valence electrons. The van der Waals surface area contributed by atoms with Gasteiger partial charge in [-0.3, -0.25) is 19.3 Å². The molecular formula is C17H18NO7-. The molecule has 0 saturated carbocycles. The molecule has 0 fully saturated rings. The molecule has 0 saturated heterocycles. The van der Waals surface area contributed by atoms with Gasteiger partial charge in [0.1, 0.15) is 6.54 Å². The second-order valence-corrected chi connectivity index (χ2v) is 5.14. The third-order valence-corrected chi connectivity index (χ3v) is 3.18. The molecule has 1 aliphatic heterocycles. The van der Waals surface area contributed by atoms with Gasteiger partial charge < -0.3 is 14.6 Å². The second kappa shape index (κ2) is 9.31. The van der Waals surface area contributed by atoms with Crippen LogP contribution in [0, 0.1) is 0 Å². The number of rotatable bonds is 5. The van der Waals surface area contributed by atoms with E-state index < -0.39 is 42.7 Å². The van der Waals surface area contributed by atoms with Gasteiger partial charge in [-0.1, -0.05) is 38.8 Å². The Bertz CT molecular complexity index is 659. The number of carbonyl (C=O) groups excluding carboxylic acids is 5. The fourth-order valence-electron chi connectivity index (χ4n) is 1.83. The summed E-state index contributed by atoms with van der Waals surface area (Å²) in [7, 11) is 0. The van der Waals surface area contributed by atoms with Crippen molar-refractivity contribution in [1.29, 1.82) is 0 Å². The first-order valence-electron chi connectivity index (χ1n) is 7.70. The molecule has 0 atom stereocenters. The van der Waals surface area contributed by atoms with Crippen LogP contribution in [0.15, 0.2) is 24.3 Å². The van der Waals surface area contributed by atoms with Crippen molar-refractivity contribution < 1.29 is 33.8 Å². The lowest BCUT2D eigenvalue weighted by Crippen LogP contribution is -2.37. The molecule has 0 bridgehead atoms. The Morgan fingerprint density at radius 3 is 1.84 bits per heavy atom. The van der Waals surface area contributed by atoms with Gasteiger partial charge in [-0.2, -0.15) is 0 Å². The number of hydrogen-bond acceptors (Lipinski definition) is 7. The van der Waals surface area contributed by atoms with Crippen LogP contribution in [0.3, 0.4) is 0 Å². The number of esters is 2. The number of amides is 2. The molecule has 0 spiro atoms. The van der Waals surface area contributed by atoms with Crippen molar-refractivity contribution in [2.24, 2.45) is 0 Å². The number of ether oxygens (including phenoxy) is 1. The molecule has 2 rings (SSSR count). The highest BCUT2D eigenvalue weighted by molar-refractivity contribution is 6.22. The number of carbonyl (C=O) groups is 5. The van der Waals surface area contributed by atoms with Crippen LogP contribution in [-0.2, 0) is 19.1 Å². The van der Waals surface area contributed by atoms with E-state index in [9.17, 15) is 29.1 Å². The first-order valence-corrected chi connectivity index (χ1v) is 7.70. The van der Waals surface area contributed by atoms with Crippen LogP contribution >= 0.6 is 0 Å². The Morgan fingerprint density at radius 1 is 0.960 bits per heavy atom. The maximum absolute atomic E-state index is 11.9. The SMILES string of the molecule is CCCC.O=C([O-])CC(=O)OC(=O)CN1C(=O)c2ccccc2C1=O. The monoisotopic (exact) mass is 348 g/mol. The Labute approximate surface area is 144 Å². The van der Waals surface area contributed by atoms with Crippen LogP contribution in [-0.4, -0.2) is 41.2 Å². The molecule has 25 heavy (non-hydrogen) atoms. The molecular weight excluding hydrogens is 330 g/mol. The predicted molar refractivity (Wildman–Crippen MR) is 83.1 cm³/mol. The number of nitrogens with zero attached hydrogens (tertiary/aromatic N) is 1. The summed E-state index contributed by atoms with van der Waals surface area (Å²) in [6, 6.07) is 5.99. The van der Waals surface area contributed by atoms with Crippen molar-refractivity contribution >= 4 is 29.7 Å². The molecule has 0 aliphatic carbocycles. The van der Waals surface area contributed by atoms with E-state index in [-0.39, 0.29) is 11.1 Å². The van der Waals surface area contributed by atoms with Crippen molar-refractivity contribution in [1.82, 2.24) is 4.90 Å². The molecule has 0 radical (unpaired) electrons. The smallest absolute Gasteiger partial charge is 0.333 e. The molecule has 1 aromatic carbocycles. The fourth-order valence-corrected chi connectivity index (χ4v) is 1.83. The summed E-state index contributed by atoms with van der Waals surface area (Å²) in [5, 5.41) is 10.1. The average molecular weight is 348 g/mol. The lowest BCUT2D eigenvalue weighted by molar-refractivity contribution is -0.305. The summed E-state index contributed by atoms with van der Waals surface area (Å²) in [5.41, 5.74) is 0.299. The lowest BCUT2D eigenvalue weighted by Gasteiger charge is -2.12. The Morgan fingerprint density at radius 2 is 1.44 bits per heavy atom. The summed E-state index contributed by atoms with van der Waals surface area (Å²) in [6.07, 6.45) is 1.55. The van der Waals surface area contributed by atoms with Crippen molar-refractivity contribution in [3.05, 3.63) is 35.4 Å². The van der Waals surface area contributed by atoms with E-state index in [1.807, 2.05) is 0 Å². The third kappa shape index (κ3) is 5.52. The lowest BCUT2D eigenvalue weighted by atomic mass is 10.1. The summed E-state index contributed by atoms with van der Waals surface area (Å²) >= 11 is 0. The highest BCUT2D eigenvalue weighted by Gasteiger charge is 2.36. The normalized spacial score (nSPS) is 12.2. The first kappa shape index (κ1) is 20.0. The van der Waals surface area contributed by atoms with Gasteiger partial charge in [-0.25, -0.2) is 4.79 Å². The van der Waals surface area contributed by atoms with Crippen molar-refractivity contribution in [3.63, 3.8) is 0 Å². The van der Waals surface area contributed by atoms with Gasteiger partial charge in [0.2, 0.25) is 0 Å². The van der Waals surface area contributed by atoms with E-state index in [1.165, 1.54) is 25.0 Å². The fraction of sp³-hybridized carbons (Fsp3) is 0.353. The standard InChI is InChI=1S/C13H9NO7.C4H10/c15-9(16)5-10(17)21-11(18)6-14-12(19)7-3-1-2-4-8(7)13(14)20;1-3-4-2/h1-4H,5-6H2,(H,15,16);3-4H2,1-2H3/p-1. The molecule has 1 aromatic rings. The largest absolute Gasteiger partial charge is 0.550 e. The highest BCUT2D eigenvalue weighted by Crippen LogP contribution is 2.22. The van der Waals surface area contributed by atoms with Crippen LogP contribution in [0.25, 0.3) is 0 Å². The summed E-state index contributed by atoms with van der Waals surface area (Å²) < 4.78 is 4.17. The molecule has 8 nitrogen and oxygen atoms in total. The second-order valence-electron chi connectivity index (χ2n) is 5.14. The van der Waals surface area contributed by atoms with Gasteiger partial charge >= 0.3 is 11.9 Å². The molecule has 0 unspecified atom stereocenters. The number of unbranched alkanes of at least 4 members (excludes halogenated alkanes) is 1. The summed E-state index contributed by atoms with van der Waals surface area (Å²) in [6.45, 7) is 3.59. The predicted octanol–water partition coefficient (Wildman–Crippen LogP) is 0.299. The van der Waals surface area contributed by atoms with Crippen LogP contribution in [0.2, 0.25) is 0 Å². The quantitative estimate of drug-likeness (QED) is 0.426. The zero-order valence-electron chi connectivity index (χ0n) is 13.9. The van der Waals surface area contributed by atoms with Crippen LogP contribution in [0.1, 0.15) is 53.8 Å². The van der Waals surface area contributed by atoms with Crippen LogP contribution in [0.5, 0.6) is 0 Å². The Hall–Kier alpha value is -3.03. The van der Waals surface area contributed by atoms with Gasteiger partial charge in [-0.15, -0.1) is 0 Å². The van der Waals surface area contributed by atoms with E-state index in [0.29, 0.717) is 4.90 Å². The number of imide groups is 1. The van der Waals surface area contributed by atoms with Gasteiger partial charge in [0.05, 0.1) is 23.5 Å². The molecule has 1 heterocycles. The number of hydrogen-bond donors (Lipinski definition) is 0. The first-order chi connectivity index (χ1) is 11.8. The van der Waals surface area contributed by atoms with E-state index in [1.54, 1.807) is 12.1 Å². The van der Waals surface area contributed by atoms with E-state index >= 15 is 0 Å². The van der Waals surface area contributed by atoms with Gasteiger partial charge in [0.25, 0.3) is 11.8 Å². The zero-order chi connectivity index (χ0) is 19.0. The van der Waals surface area contributed by atoms with E-state index in [2.05, 4.69) is 18.6 Å². The maximum atomic E-state index is 11.9. The number of fused-ring (bicyclic) bond motifs is 1. The topological polar surface area (TPSA) is 121 Å². The maximum Gasteiger partial charge on any atom is 0.333 e. The Kier molecular flexibility index (Phi) is 7.45. The number of aliphatic carboxylic acids is 1. The van der Waals surface area contributed by atoms with Gasteiger partial charge in [0, 0.05) is 0 Å². The third-order valence-electron chi connectivity index (χ3n) is 3.18. The number of carboxylic acid groups (broad SMARTS) is 1. The minimum atomic E-state index is -1.70. The number of benzene rings is 1. The van der Waals surface area contributed by atoms with Crippen molar-refractivity contribution in [2.45, 2.75) is 33.1 Å². The molecule has 1 aliphatic rings. The minimum Gasteiger partial charge on any atom is -0.550 e. The Balaban J connectivity index is 0.000000705. The van der Waals surface area contributed by atoms with E-state index in [0.717, 1.165) is 0 Å². The van der Waals surface area contributed by atoms with E-state index in [4.69, 9.17) is 0 Å². The summed E-state index contributed by atoms with van der Waals surface area (Å²) in [4.78, 5) is 57.0.